The third-order valence-corrected chi connectivity index (χ3v) is 12.8. The summed E-state index contributed by atoms with van der Waals surface area (Å²) in [4.78, 5) is 92.0. The van der Waals surface area contributed by atoms with Gasteiger partial charge < -0.3 is 26.0 Å². The second kappa shape index (κ2) is 30.0. The third kappa shape index (κ3) is 16.4. The van der Waals surface area contributed by atoms with Gasteiger partial charge in [0.25, 0.3) is 0 Å². The van der Waals surface area contributed by atoms with Gasteiger partial charge in [-0.2, -0.15) is 23.7 Å². The molecule has 2 atom stereocenters. The minimum atomic E-state index is -1.00. The van der Waals surface area contributed by atoms with Crippen LogP contribution in [0.4, 0.5) is 11.6 Å². The number of carboxylic acid groups (broad SMARTS) is 1. The van der Waals surface area contributed by atoms with Gasteiger partial charge in [-0.05, 0) is 132 Å². The lowest BCUT2D eigenvalue weighted by Gasteiger charge is -2.24. The summed E-state index contributed by atoms with van der Waals surface area (Å²) in [7, 11) is 0. The molecule has 6 aromatic heterocycles. The van der Waals surface area contributed by atoms with E-state index in [1.807, 2.05) is 107 Å². The Balaban J connectivity index is 0.000000274. The van der Waals surface area contributed by atoms with E-state index >= 15 is 0 Å². The number of nitrogens with one attached hydrogen (secondary N) is 3. The van der Waals surface area contributed by atoms with Crippen LogP contribution in [0.25, 0.3) is 44.1 Å². The van der Waals surface area contributed by atoms with Gasteiger partial charge in [0.2, 0.25) is 17.7 Å². The van der Waals surface area contributed by atoms with Gasteiger partial charge in [0.1, 0.15) is 42.2 Å². The summed E-state index contributed by atoms with van der Waals surface area (Å²) < 4.78 is 2.90. The van der Waals surface area contributed by atoms with Gasteiger partial charge in [-0.3, -0.25) is 48.1 Å². The summed E-state index contributed by atoms with van der Waals surface area (Å²) in [6, 6.07) is 29.4. The van der Waals surface area contributed by atoms with Crippen molar-refractivity contribution in [3.8, 4) is 22.3 Å². The fraction of sp³-hybridized carbons (Fsp3) is 0.298. The van der Waals surface area contributed by atoms with Gasteiger partial charge in [0, 0.05) is 99.8 Å². The summed E-state index contributed by atoms with van der Waals surface area (Å²) in [5.74, 6) is -0.738. The highest BCUT2D eigenvalue weighted by atomic mass is 35.5. The largest absolute Gasteiger partial charge is 0.480 e. The first-order chi connectivity index (χ1) is 37.0. The zero-order chi connectivity index (χ0) is 55.3. The number of rotatable bonds is 12. The highest BCUT2D eigenvalue weighted by molar-refractivity contribution is 8.07. The van der Waals surface area contributed by atoms with Crippen LogP contribution in [0.3, 0.4) is 0 Å². The maximum absolute atomic E-state index is 13.4. The number of nitrogens with zero attached hydrogens (tertiary/aromatic N) is 9. The monoisotopic (exact) mass is 1160 g/mol. The van der Waals surface area contributed by atoms with Crippen LogP contribution in [0, 0.1) is 27.7 Å². The fourth-order valence-corrected chi connectivity index (χ4v) is 9.00. The molecule has 19 nitrogen and oxygen atoms in total. The van der Waals surface area contributed by atoms with Crippen molar-refractivity contribution in [2.24, 2.45) is 0 Å². The number of pyridine rings is 4. The molecule has 80 heavy (non-hydrogen) atoms. The number of Topliss-reactive ketones (excluding diaryl/α,β-unsaturated/α-hetero) is 2. The molecule has 0 aliphatic carbocycles. The van der Waals surface area contributed by atoms with Crippen LogP contribution in [0.1, 0.15) is 90.7 Å². The Morgan fingerprint density at radius 3 is 1.52 bits per heavy atom. The number of ketones is 2. The van der Waals surface area contributed by atoms with Crippen molar-refractivity contribution in [1.82, 2.24) is 49.7 Å². The van der Waals surface area contributed by atoms with E-state index in [2.05, 4.69) is 68.5 Å². The quantitative estimate of drug-likeness (QED) is 0.0834. The van der Waals surface area contributed by atoms with E-state index in [1.54, 1.807) is 40.2 Å². The van der Waals surface area contributed by atoms with Gasteiger partial charge in [0.05, 0.1) is 17.1 Å². The lowest BCUT2D eigenvalue weighted by atomic mass is 10.0. The standard InChI is InChI=1S/C28H28N6O3.C17H15N3O3.C11H15N3O.CH4.ClH.S2.H2S/c1-17-9-10-21(15-29-17)20-11-12-23-22(14-20)27(19(3)35)32-34(23)16-26(36)33-13-5-7-24(33)28(37)31-25-8-4-6-18(2)30-25;1-10-3-4-13(8-18-10)12-5-6-15-14(7-12)17(11(2)21)19-20(15)9-16(22)23;1-8-4-2-6-10(13-8)14-11(15)9-5-3-7-12-9;;;1-2;/h4,6,8-12,14-15,24H,5,7,13,16H2,1-3H3,(H,30,31,37);3-8H,9H2,1-2H3,(H,22,23);2,4,6,9,12H,3,5,7H2,1H3,(H,13,14,15);1H4;1H;;1H2/t24-;;9-;;;;/m0.0..../s1. The molecule has 4 N–H and O–H groups in total. The average Bonchev–Trinajstić information content (AvgIpc) is 4.25. The topological polar surface area (TPSA) is 249 Å². The lowest BCUT2D eigenvalue weighted by molar-refractivity contribution is -0.138. The van der Waals surface area contributed by atoms with E-state index in [0.717, 1.165) is 70.8 Å². The van der Waals surface area contributed by atoms with Crippen molar-refractivity contribution in [2.45, 2.75) is 99.8 Å². The molecule has 10 rings (SSSR count). The minimum Gasteiger partial charge on any atom is -0.480 e. The number of fused-ring (bicyclic) bond motifs is 2. The number of anilines is 2. The number of aryl methyl sites for hydroxylation is 4. The van der Waals surface area contributed by atoms with Crippen molar-refractivity contribution in [3.63, 3.8) is 0 Å². The second-order valence-corrected chi connectivity index (χ2v) is 18.6. The molecule has 3 amide bonds. The first-order valence-electron chi connectivity index (χ1n) is 24.8. The third-order valence-electron chi connectivity index (χ3n) is 12.8. The molecule has 8 aromatic rings. The molecule has 0 unspecified atom stereocenters. The number of aromatic nitrogens is 8. The lowest BCUT2D eigenvalue weighted by Crippen LogP contribution is -2.44. The normalized spacial score (nSPS) is 14.0. The van der Waals surface area contributed by atoms with Crippen LogP contribution in [0.2, 0.25) is 0 Å². The number of halogens is 1. The molecular weight excluding hydrogens is 1100 g/mol. The molecule has 2 aromatic carbocycles. The molecule has 0 saturated carbocycles. The van der Waals surface area contributed by atoms with Crippen LogP contribution in [-0.2, 0) is 54.6 Å². The Labute approximate surface area is 487 Å². The van der Waals surface area contributed by atoms with E-state index in [0.29, 0.717) is 52.1 Å². The Kier molecular flexibility index (Phi) is 24.3. The second-order valence-electron chi connectivity index (χ2n) is 18.6. The fourth-order valence-electron chi connectivity index (χ4n) is 9.00. The van der Waals surface area contributed by atoms with Crippen LogP contribution in [0.5, 0.6) is 0 Å². The molecule has 0 bridgehead atoms. The Morgan fingerprint density at radius 1 is 0.625 bits per heavy atom. The Bertz CT molecular complexity index is 3480. The number of carboxylic acids is 1. The first-order valence-corrected chi connectivity index (χ1v) is 26.1. The van der Waals surface area contributed by atoms with Crippen LogP contribution >= 0.6 is 25.9 Å². The van der Waals surface area contributed by atoms with Gasteiger partial charge in [-0.25, -0.2) is 9.97 Å². The van der Waals surface area contributed by atoms with Gasteiger partial charge >= 0.3 is 5.97 Å². The summed E-state index contributed by atoms with van der Waals surface area (Å²) in [6.45, 7) is 11.6. The number of carbonyl (C=O) groups is 6. The number of hydrogen-bond acceptors (Lipinski definition) is 15. The summed E-state index contributed by atoms with van der Waals surface area (Å²) in [5, 5.41) is 27.7. The molecule has 2 aliphatic heterocycles. The van der Waals surface area contributed by atoms with E-state index in [9.17, 15) is 28.8 Å². The van der Waals surface area contributed by atoms with Crippen molar-refractivity contribution in [2.75, 3.05) is 23.7 Å². The maximum atomic E-state index is 13.4. The molecule has 2 saturated heterocycles. The van der Waals surface area contributed by atoms with Gasteiger partial charge in [-0.15, -0.1) is 12.4 Å². The maximum Gasteiger partial charge on any atom is 0.325 e. The molecule has 8 heterocycles. The number of benzene rings is 2. The molecule has 420 valence electrons. The van der Waals surface area contributed by atoms with Gasteiger partial charge in [0.15, 0.2) is 11.6 Å². The SMILES string of the molecule is C.CC(=O)c1nn(CC(=O)N2CCC[C@H]2C(=O)Nc2cccc(C)n2)c2ccc(-c3ccc(C)nc3)cc12.CC(=O)c1nn(CC(=O)O)c2ccc(-c3ccc(C)nc3)cc12.Cc1cccc(NC(=O)[C@@H]2CCCN2)n1.Cl.S.S=S. The molecular formula is C57H65ClN12O7S3. The summed E-state index contributed by atoms with van der Waals surface area (Å²) in [6.07, 6.45) is 6.86. The zero-order valence-corrected chi connectivity index (χ0v) is 47.8. The van der Waals surface area contributed by atoms with E-state index < -0.39 is 12.0 Å². The highest BCUT2D eigenvalue weighted by Crippen LogP contribution is 2.29. The zero-order valence-electron chi connectivity index (χ0n) is 44.4. The highest BCUT2D eigenvalue weighted by Gasteiger charge is 2.35. The molecule has 0 radical (unpaired) electrons. The van der Waals surface area contributed by atoms with Gasteiger partial charge in [-0.1, -0.05) is 43.8 Å². The van der Waals surface area contributed by atoms with Crippen molar-refractivity contribution >= 4 is 117 Å². The predicted molar refractivity (Wildman–Crippen MR) is 323 cm³/mol. The van der Waals surface area contributed by atoms with Crippen molar-refractivity contribution in [3.05, 3.63) is 144 Å². The van der Waals surface area contributed by atoms with E-state index in [-0.39, 0.29) is 87.4 Å². The van der Waals surface area contributed by atoms with E-state index in [4.69, 9.17) is 5.11 Å². The number of hydrogen-bond donors (Lipinski definition) is 4. The van der Waals surface area contributed by atoms with Crippen LogP contribution in [-0.4, -0.2) is 110 Å². The predicted octanol–water partition coefficient (Wildman–Crippen LogP) is 8.88. The molecule has 2 aliphatic rings. The first kappa shape index (κ1) is 64.8. The average molecular weight is 1160 g/mol. The minimum absolute atomic E-state index is 0. The Hall–Kier alpha value is -7.76. The number of carbonyl (C=O) groups excluding carboxylic acids is 5. The number of likely N-dealkylation sites (tertiary alicyclic amines) is 1. The van der Waals surface area contributed by atoms with Crippen molar-refractivity contribution < 1.29 is 33.9 Å². The number of aliphatic carboxylic acids is 1. The molecule has 0 spiro atoms. The Morgan fingerprint density at radius 2 is 1.10 bits per heavy atom. The van der Waals surface area contributed by atoms with Crippen LogP contribution in [0.15, 0.2) is 109 Å². The van der Waals surface area contributed by atoms with Crippen molar-refractivity contribution in [1.29, 1.82) is 0 Å². The summed E-state index contributed by atoms with van der Waals surface area (Å²) in [5.41, 5.74) is 9.13. The molecule has 23 heteroatoms. The van der Waals surface area contributed by atoms with Crippen LogP contribution < -0.4 is 16.0 Å². The smallest absolute Gasteiger partial charge is 0.325 e. The summed E-state index contributed by atoms with van der Waals surface area (Å²) >= 11 is 7.33. The van der Waals surface area contributed by atoms with E-state index in [1.165, 1.54) is 18.5 Å². The number of amides is 3. The molecule has 2 fully saturated rings.